The number of likely N-dealkylation sites (tertiary alicyclic amines) is 1. The number of nitrogens with zero attached hydrogens (tertiary/aromatic N) is 1. The molecule has 2 atom stereocenters. The fourth-order valence-corrected chi connectivity index (χ4v) is 4.14. The second-order valence-corrected chi connectivity index (χ2v) is 7.47. The maximum Gasteiger partial charge on any atom is 0.115 e. The van der Waals surface area contributed by atoms with E-state index in [0.29, 0.717) is 5.75 Å². The molecule has 0 saturated carbocycles. The minimum atomic E-state index is 0.233. The number of fused-ring (bicyclic) bond motifs is 4. The molecule has 1 fully saturated rings. The summed E-state index contributed by atoms with van der Waals surface area (Å²) in [5.41, 5.74) is 4.48. The van der Waals surface area contributed by atoms with Crippen LogP contribution in [0.25, 0.3) is 0 Å². The van der Waals surface area contributed by atoms with Crippen molar-refractivity contribution in [2.75, 3.05) is 19.6 Å². The first-order valence-corrected chi connectivity index (χ1v) is 8.14. The quantitative estimate of drug-likeness (QED) is 0.833. The molecule has 2 aliphatic rings. The summed E-state index contributed by atoms with van der Waals surface area (Å²) in [7, 11) is 0. The Morgan fingerprint density at radius 1 is 1.43 bits per heavy atom. The maximum atomic E-state index is 9.85. The van der Waals surface area contributed by atoms with E-state index in [2.05, 4.69) is 37.8 Å². The van der Waals surface area contributed by atoms with Crippen LogP contribution in [0, 0.1) is 5.92 Å². The van der Waals surface area contributed by atoms with Gasteiger partial charge in [-0.1, -0.05) is 24.6 Å². The highest BCUT2D eigenvalue weighted by molar-refractivity contribution is 5.42. The number of phenolic OH excluding ortho intramolecular Hbond substituents is 1. The highest BCUT2D eigenvalue weighted by Crippen LogP contribution is 2.45. The Hall–Kier alpha value is -1.28. The number of hydrogen-bond acceptors (Lipinski definition) is 2. The largest absolute Gasteiger partial charge is 0.508 e. The van der Waals surface area contributed by atoms with Crippen molar-refractivity contribution >= 4 is 0 Å². The summed E-state index contributed by atoms with van der Waals surface area (Å²) >= 11 is 0. The van der Waals surface area contributed by atoms with E-state index in [1.807, 2.05) is 12.1 Å². The highest BCUT2D eigenvalue weighted by Gasteiger charge is 2.39. The van der Waals surface area contributed by atoms with Gasteiger partial charge in [-0.15, -0.1) is 0 Å². The van der Waals surface area contributed by atoms with Crippen LogP contribution in [-0.2, 0) is 11.8 Å². The average Bonchev–Trinajstić information content (AvgIpc) is 2.55. The zero-order valence-corrected chi connectivity index (χ0v) is 13.5. The number of allylic oxidation sites excluding steroid dienone is 1. The van der Waals surface area contributed by atoms with Crippen molar-refractivity contribution < 1.29 is 5.11 Å². The van der Waals surface area contributed by atoms with Crippen LogP contribution >= 0.6 is 0 Å². The van der Waals surface area contributed by atoms with Gasteiger partial charge in [-0.3, -0.25) is 4.90 Å². The number of rotatable bonds is 2. The van der Waals surface area contributed by atoms with Gasteiger partial charge in [-0.25, -0.2) is 0 Å². The molecule has 2 heteroatoms. The topological polar surface area (TPSA) is 23.5 Å². The summed E-state index contributed by atoms with van der Waals surface area (Å²) in [4.78, 5) is 2.61. The Labute approximate surface area is 128 Å². The summed E-state index contributed by atoms with van der Waals surface area (Å²) in [6.07, 6.45) is 5.96. The van der Waals surface area contributed by atoms with E-state index in [4.69, 9.17) is 0 Å². The molecule has 114 valence electrons. The standard InChI is InChI=1S/C19H27NO/c1-14(2)6-8-20-9-7-19(3)12-15(13-20)10-16-4-5-17(21)11-18(16)19/h4-6,11,15,21H,7-10,12-13H2,1-3H3. The fraction of sp³-hybridized carbons (Fsp3) is 0.579. The zero-order chi connectivity index (χ0) is 15.0. The first-order chi connectivity index (χ1) is 9.96. The van der Waals surface area contributed by atoms with E-state index < -0.39 is 0 Å². The molecule has 1 aliphatic heterocycles. The number of benzene rings is 1. The lowest BCUT2D eigenvalue weighted by atomic mass is 9.66. The van der Waals surface area contributed by atoms with Gasteiger partial charge < -0.3 is 5.11 Å². The molecule has 0 amide bonds. The molecule has 21 heavy (non-hydrogen) atoms. The van der Waals surface area contributed by atoms with Crippen LogP contribution in [0.5, 0.6) is 5.75 Å². The van der Waals surface area contributed by atoms with Crippen LogP contribution in [-0.4, -0.2) is 29.6 Å². The molecule has 1 aromatic rings. The number of aromatic hydroxyl groups is 1. The van der Waals surface area contributed by atoms with Crippen LogP contribution in [0.1, 0.15) is 44.7 Å². The van der Waals surface area contributed by atoms with Gasteiger partial charge in [0, 0.05) is 13.1 Å². The third kappa shape index (κ3) is 3.01. The van der Waals surface area contributed by atoms with Crippen molar-refractivity contribution in [1.82, 2.24) is 4.90 Å². The van der Waals surface area contributed by atoms with E-state index in [1.54, 1.807) is 0 Å². The van der Waals surface area contributed by atoms with Crippen LogP contribution in [0.3, 0.4) is 0 Å². The number of phenols is 1. The van der Waals surface area contributed by atoms with Gasteiger partial charge in [0.25, 0.3) is 0 Å². The second kappa shape index (κ2) is 5.49. The number of hydrogen-bond donors (Lipinski definition) is 1. The average molecular weight is 285 g/mol. The van der Waals surface area contributed by atoms with E-state index in [9.17, 15) is 5.11 Å². The van der Waals surface area contributed by atoms with Gasteiger partial charge in [0.2, 0.25) is 0 Å². The third-order valence-electron chi connectivity index (χ3n) is 5.25. The lowest BCUT2D eigenvalue weighted by Crippen LogP contribution is -2.32. The molecule has 2 nitrogen and oxygen atoms in total. The summed E-state index contributed by atoms with van der Waals surface area (Å²) in [5, 5.41) is 9.85. The maximum absolute atomic E-state index is 9.85. The van der Waals surface area contributed by atoms with Gasteiger partial charge >= 0.3 is 0 Å². The molecular formula is C19H27NO. The van der Waals surface area contributed by atoms with E-state index in [0.717, 1.165) is 25.4 Å². The van der Waals surface area contributed by atoms with Crippen molar-refractivity contribution in [3.05, 3.63) is 41.0 Å². The smallest absolute Gasteiger partial charge is 0.115 e. The summed E-state index contributed by atoms with van der Waals surface area (Å²) in [6.45, 7) is 10.2. The van der Waals surface area contributed by atoms with Crippen molar-refractivity contribution in [2.24, 2.45) is 5.92 Å². The van der Waals surface area contributed by atoms with E-state index >= 15 is 0 Å². The van der Waals surface area contributed by atoms with Gasteiger partial charge in [0.1, 0.15) is 5.75 Å². The Bertz CT molecular complexity index is 559. The van der Waals surface area contributed by atoms with Crippen LogP contribution in [0.15, 0.2) is 29.8 Å². The highest BCUT2D eigenvalue weighted by atomic mass is 16.3. The molecule has 1 heterocycles. The van der Waals surface area contributed by atoms with Crippen molar-refractivity contribution in [3.63, 3.8) is 0 Å². The van der Waals surface area contributed by atoms with Crippen LogP contribution in [0.2, 0.25) is 0 Å². The molecule has 0 radical (unpaired) electrons. The summed E-state index contributed by atoms with van der Waals surface area (Å²) in [5.74, 6) is 1.17. The summed E-state index contributed by atoms with van der Waals surface area (Å²) in [6, 6.07) is 6.00. The van der Waals surface area contributed by atoms with Gasteiger partial charge in [0.05, 0.1) is 0 Å². The minimum Gasteiger partial charge on any atom is -0.508 e. The van der Waals surface area contributed by atoms with Gasteiger partial charge in [-0.05, 0) is 74.2 Å². The molecule has 1 aromatic carbocycles. The fourth-order valence-electron chi connectivity index (χ4n) is 4.14. The molecule has 1 N–H and O–H groups in total. The van der Waals surface area contributed by atoms with Crippen molar-refractivity contribution in [2.45, 2.75) is 45.4 Å². The SMILES string of the molecule is CC(C)=CCN1CCC2(C)CC(Cc3ccc(O)cc32)C1. The van der Waals surface area contributed by atoms with Crippen molar-refractivity contribution in [3.8, 4) is 5.75 Å². The monoisotopic (exact) mass is 285 g/mol. The Morgan fingerprint density at radius 3 is 3.00 bits per heavy atom. The molecular weight excluding hydrogens is 258 g/mol. The van der Waals surface area contributed by atoms with Gasteiger partial charge in [0.15, 0.2) is 0 Å². The first kappa shape index (κ1) is 14.6. The third-order valence-corrected chi connectivity index (χ3v) is 5.25. The minimum absolute atomic E-state index is 0.233. The molecule has 2 unspecified atom stereocenters. The molecule has 3 rings (SSSR count). The van der Waals surface area contributed by atoms with Crippen molar-refractivity contribution in [1.29, 1.82) is 0 Å². The lowest BCUT2D eigenvalue weighted by molar-refractivity contribution is 0.268. The molecule has 1 saturated heterocycles. The molecule has 1 aliphatic carbocycles. The second-order valence-electron chi connectivity index (χ2n) is 7.47. The Kier molecular flexibility index (Phi) is 3.83. The normalized spacial score (nSPS) is 28.6. The first-order valence-electron chi connectivity index (χ1n) is 8.14. The molecule has 0 spiro atoms. The summed E-state index contributed by atoms with van der Waals surface area (Å²) < 4.78 is 0. The predicted molar refractivity (Wildman–Crippen MR) is 87.8 cm³/mol. The molecule has 2 bridgehead atoms. The van der Waals surface area contributed by atoms with Crippen LogP contribution in [0.4, 0.5) is 0 Å². The van der Waals surface area contributed by atoms with Crippen LogP contribution < -0.4 is 0 Å². The lowest BCUT2D eigenvalue weighted by Gasteiger charge is -2.38. The predicted octanol–water partition coefficient (Wildman–Crippen LogP) is 3.88. The zero-order valence-electron chi connectivity index (χ0n) is 13.5. The van der Waals surface area contributed by atoms with E-state index in [-0.39, 0.29) is 5.41 Å². The Morgan fingerprint density at radius 2 is 2.24 bits per heavy atom. The van der Waals surface area contributed by atoms with Gasteiger partial charge in [-0.2, -0.15) is 0 Å². The Balaban J connectivity index is 1.86. The molecule has 0 aromatic heterocycles. The van der Waals surface area contributed by atoms with E-state index in [1.165, 1.54) is 36.1 Å².